The van der Waals surface area contributed by atoms with Crippen molar-refractivity contribution in [1.29, 1.82) is 0 Å². The van der Waals surface area contributed by atoms with Gasteiger partial charge in [-0.25, -0.2) is 13.1 Å². The molecule has 24 heavy (non-hydrogen) atoms. The minimum absolute atomic E-state index is 0.0815. The summed E-state index contributed by atoms with van der Waals surface area (Å²) in [5.74, 6) is -0.960. The van der Waals surface area contributed by atoms with Gasteiger partial charge in [0, 0.05) is 6.07 Å². The first-order valence-electron chi connectivity index (χ1n) is 7.81. The Hall–Kier alpha value is -2.35. The monoisotopic (exact) mass is 349 g/mol. The lowest BCUT2D eigenvalue weighted by molar-refractivity contribution is -0.113. The zero-order chi connectivity index (χ0) is 17.2. The summed E-state index contributed by atoms with van der Waals surface area (Å²) in [5, 5.41) is 16.3. The Labute approximate surface area is 140 Å². The summed E-state index contributed by atoms with van der Waals surface area (Å²) >= 11 is 0. The molecule has 0 atom stereocenters. The van der Waals surface area contributed by atoms with Crippen LogP contribution in [-0.4, -0.2) is 35.0 Å². The van der Waals surface area contributed by atoms with Crippen molar-refractivity contribution in [3.05, 3.63) is 36.5 Å². The van der Waals surface area contributed by atoms with E-state index in [0.29, 0.717) is 5.82 Å². The van der Waals surface area contributed by atoms with Crippen LogP contribution in [0.25, 0.3) is 0 Å². The summed E-state index contributed by atoms with van der Waals surface area (Å²) in [6.45, 7) is 0. The largest absolute Gasteiger partial charge is 0.508 e. The number of nitrogens with zero attached hydrogens (tertiary/aromatic N) is 2. The molecule has 2 aromatic rings. The van der Waals surface area contributed by atoms with Crippen LogP contribution in [0.3, 0.4) is 0 Å². The summed E-state index contributed by atoms with van der Waals surface area (Å²) in [5.41, 5.74) is 0. The highest BCUT2D eigenvalue weighted by molar-refractivity contribution is 7.92. The maximum absolute atomic E-state index is 12.3. The number of anilines is 1. The van der Waals surface area contributed by atoms with Gasteiger partial charge < -0.3 is 10.4 Å². The summed E-state index contributed by atoms with van der Waals surface area (Å²) in [6, 6.07) is 7.19. The molecule has 1 heterocycles. The van der Waals surface area contributed by atoms with Gasteiger partial charge in [-0.3, -0.25) is 4.79 Å². The number of aromatic nitrogens is 2. The minimum atomic E-state index is -3.82. The maximum Gasteiger partial charge on any atom is 0.241 e. The first kappa shape index (κ1) is 16.5. The lowest BCUT2D eigenvalue weighted by Gasteiger charge is -2.14. The van der Waals surface area contributed by atoms with Crippen molar-refractivity contribution in [3.63, 3.8) is 0 Å². The van der Waals surface area contributed by atoms with Crippen molar-refractivity contribution < 1.29 is 18.3 Å². The number of carbonyl (C=O) groups is 1. The number of amides is 1. The molecule has 1 amide bonds. The highest BCUT2D eigenvalue weighted by atomic mass is 32.2. The molecule has 3 rings (SSSR count). The molecule has 2 N–H and O–H groups in total. The van der Waals surface area contributed by atoms with Crippen LogP contribution in [0, 0.1) is 0 Å². The number of benzene rings is 1. The number of carbonyl (C=O) groups excluding carboxylic acids is 1. The molecule has 1 aromatic carbocycles. The normalized spacial score (nSPS) is 15.5. The Bertz CT molecular complexity index is 839. The fourth-order valence-corrected chi connectivity index (χ4v) is 4.14. The molecule has 1 aromatic heterocycles. The molecule has 7 nitrogen and oxygen atoms in total. The third kappa shape index (κ3) is 3.59. The van der Waals surface area contributed by atoms with Crippen LogP contribution in [0.2, 0.25) is 0 Å². The predicted octanol–water partition coefficient (Wildman–Crippen LogP) is 2.12. The quantitative estimate of drug-likeness (QED) is 0.861. The van der Waals surface area contributed by atoms with E-state index in [4.69, 9.17) is 0 Å². The second-order valence-electron chi connectivity index (χ2n) is 5.90. The van der Waals surface area contributed by atoms with Gasteiger partial charge >= 0.3 is 0 Å². The highest BCUT2D eigenvalue weighted by Crippen LogP contribution is 2.31. The Morgan fingerprint density at radius 1 is 1.29 bits per heavy atom. The third-order valence-electron chi connectivity index (χ3n) is 4.11. The van der Waals surface area contributed by atoms with Gasteiger partial charge in [-0.15, -0.1) is 0 Å². The van der Waals surface area contributed by atoms with Crippen LogP contribution in [-0.2, 0) is 14.6 Å². The first-order valence-corrected chi connectivity index (χ1v) is 9.46. The van der Waals surface area contributed by atoms with Crippen LogP contribution in [0.1, 0.15) is 31.7 Å². The molecular weight excluding hydrogens is 330 g/mol. The Morgan fingerprint density at radius 2 is 2.04 bits per heavy atom. The highest BCUT2D eigenvalue weighted by Gasteiger charge is 2.23. The Kier molecular flexibility index (Phi) is 4.57. The van der Waals surface area contributed by atoms with Crippen molar-refractivity contribution in [3.8, 4) is 5.75 Å². The first-order chi connectivity index (χ1) is 11.5. The zero-order valence-electron chi connectivity index (χ0n) is 13.1. The van der Waals surface area contributed by atoms with Gasteiger partial charge in [0.1, 0.15) is 17.3 Å². The molecule has 0 radical (unpaired) electrons. The van der Waals surface area contributed by atoms with E-state index in [9.17, 15) is 18.3 Å². The smallest absolute Gasteiger partial charge is 0.241 e. The predicted molar refractivity (Wildman–Crippen MR) is 88.5 cm³/mol. The molecule has 0 aliphatic heterocycles. The number of aromatic hydroxyl groups is 1. The number of hydrogen-bond donors (Lipinski definition) is 2. The fourth-order valence-electron chi connectivity index (χ4n) is 2.96. The van der Waals surface area contributed by atoms with Crippen molar-refractivity contribution in [1.82, 2.24) is 9.78 Å². The average Bonchev–Trinajstić information content (AvgIpc) is 3.17. The van der Waals surface area contributed by atoms with Crippen molar-refractivity contribution in [2.45, 2.75) is 36.6 Å². The van der Waals surface area contributed by atoms with E-state index in [1.54, 1.807) is 16.9 Å². The van der Waals surface area contributed by atoms with Gasteiger partial charge in [0.25, 0.3) is 0 Å². The van der Waals surface area contributed by atoms with E-state index >= 15 is 0 Å². The molecule has 1 saturated carbocycles. The van der Waals surface area contributed by atoms with Gasteiger partial charge in [0.2, 0.25) is 5.91 Å². The van der Waals surface area contributed by atoms with Gasteiger partial charge in [-0.2, -0.15) is 5.10 Å². The molecule has 1 fully saturated rings. The van der Waals surface area contributed by atoms with Crippen LogP contribution in [0.4, 0.5) is 5.82 Å². The number of phenols is 1. The van der Waals surface area contributed by atoms with E-state index < -0.39 is 21.5 Å². The molecule has 0 bridgehead atoms. The summed E-state index contributed by atoms with van der Waals surface area (Å²) in [6.07, 6.45) is 5.86. The Balaban J connectivity index is 1.71. The van der Waals surface area contributed by atoms with Crippen molar-refractivity contribution in [2.24, 2.45) is 0 Å². The van der Waals surface area contributed by atoms with E-state index in [0.717, 1.165) is 31.7 Å². The number of phenolic OH excluding ortho intramolecular Hbond substituents is 1. The van der Waals surface area contributed by atoms with E-state index in [-0.39, 0.29) is 16.7 Å². The SMILES string of the molecule is O=C(CS(=O)(=O)c1cccc(O)c1)Nc1ccnn1C1CCCC1. The van der Waals surface area contributed by atoms with Gasteiger partial charge in [-0.1, -0.05) is 18.9 Å². The second kappa shape index (κ2) is 6.64. The molecule has 1 aliphatic rings. The summed E-state index contributed by atoms with van der Waals surface area (Å²) < 4.78 is 26.3. The number of rotatable bonds is 5. The summed E-state index contributed by atoms with van der Waals surface area (Å²) in [4.78, 5) is 12.1. The van der Waals surface area contributed by atoms with Gasteiger partial charge in [-0.05, 0) is 31.0 Å². The average molecular weight is 349 g/mol. The van der Waals surface area contributed by atoms with Gasteiger partial charge in [0.15, 0.2) is 9.84 Å². The number of hydrogen-bond acceptors (Lipinski definition) is 5. The summed E-state index contributed by atoms with van der Waals surface area (Å²) in [7, 11) is -3.82. The fraction of sp³-hybridized carbons (Fsp3) is 0.375. The second-order valence-corrected chi connectivity index (χ2v) is 7.89. The lowest BCUT2D eigenvalue weighted by Crippen LogP contribution is -2.25. The van der Waals surface area contributed by atoms with E-state index in [2.05, 4.69) is 10.4 Å². The molecule has 128 valence electrons. The van der Waals surface area contributed by atoms with Crippen molar-refractivity contribution >= 4 is 21.6 Å². The molecular formula is C16H19N3O4S. The number of nitrogens with one attached hydrogen (secondary N) is 1. The van der Waals surface area contributed by atoms with Gasteiger partial charge in [0.05, 0.1) is 17.1 Å². The molecule has 8 heteroatoms. The van der Waals surface area contributed by atoms with Crippen LogP contribution < -0.4 is 5.32 Å². The third-order valence-corrected chi connectivity index (χ3v) is 5.72. The maximum atomic E-state index is 12.3. The molecule has 1 aliphatic carbocycles. The minimum Gasteiger partial charge on any atom is -0.508 e. The number of sulfone groups is 1. The van der Waals surface area contributed by atoms with Crippen molar-refractivity contribution in [2.75, 3.05) is 11.1 Å². The van der Waals surface area contributed by atoms with Crippen LogP contribution in [0.15, 0.2) is 41.4 Å². The van der Waals surface area contributed by atoms with E-state index in [1.807, 2.05) is 0 Å². The zero-order valence-corrected chi connectivity index (χ0v) is 13.9. The van der Waals surface area contributed by atoms with Crippen LogP contribution >= 0.6 is 0 Å². The topological polar surface area (TPSA) is 101 Å². The van der Waals surface area contributed by atoms with Crippen LogP contribution in [0.5, 0.6) is 5.75 Å². The molecule has 0 saturated heterocycles. The Morgan fingerprint density at radius 3 is 2.75 bits per heavy atom. The molecule has 0 unspecified atom stereocenters. The lowest BCUT2D eigenvalue weighted by atomic mass is 10.2. The standard InChI is InChI=1S/C16H19N3O4S/c20-13-6-3-7-14(10-13)24(22,23)11-16(21)18-15-8-9-17-19(15)12-4-1-2-5-12/h3,6-10,12,20H,1-2,4-5,11H2,(H,18,21). The molecule has 0 spiro atoms. The van der Waals surface area contributed by atoms with E-state index in [1.165, 1.54) is 18.2 Å².